The quantitative estimate of drug-likeness (QED) is 0.817. The number of aliphatic imine (C=N–C) groups is 1. The predicted octanol–water partition coefficient (Wildman–Crippen LogP) is 3.68. The minimum absolute atomic E-state index is 0.0944. The highest BCUT2D eigenvalue weighted by molar-refractivity contribution is 6.04. The lowest BCUT2D eigenvalue weighted by Crippen LogP contribution is -2.35. The second-order valence-corrected chi connectivity index (χ2v) is 5.19. The number of nitrogens with two attached hydrogens (primary N) is 1. The van der Waals surface area contributed by atoms with Crippen LogP contribution < -0.4 is 11.1 Å². The summed E-state index contributed by atoms with van der Waals surface area (Å²) in [7, 11) is 0. The van der Waals surface area contributed by atoms with Gasteiger partial charge in [-0.25, -0.2) is 9.38 Å². The number of amidine groups is 1. The van der Waals surface area contributed by atoms with Crippen LogP contribution in [0.25, 0.3) is 0 Å². The first-order valence-corrected chi connectivity index (χ1v) is 8.25. The molecule has 0 radical (unpaired) electrons. The molecule has 132 valence electrons. The molecule has 0 aliphatic carbocycles. The molecular formula is C19H22FN3O2. The summed E-state index contributed by atoms with van der Waals surface area (Å²) >= 11 is 0. The van der Waals surface area contributed by atoms with E-state index >= 15 is 0 Å². The molecule has 0 saturated carbocycles. The molecule has 0 saturated heterocycles. The van der Waals surface area contributed by atoms with Crippen molar-refractivity contribution in [3.63, 3.8) is 0 Å². The van der Waals surface area contributed by atoms with Gasteiger partial charge < -0.3 is 10.5 Å². The van der Waals surface area contributed by atoms with E-state index in [9.17, 15) is 9.18 Å². The summed E-state index contributed by atoms with van der Waals surface area (Å²) in [5, 5.41) is 2.60. The van der Waals surface area contributed by atoms with Gasteiger partial charge in [-0.1, -0.05) is 32.0 Å². The van der Waals surface area contributed by atoms with Gasteiger partial charge in [-0.15, -0.1) is 0 Å². The molecule has 3 rings (SSSR count). The van der Waals surface area contributed by atoms with E-state index in [4.69, 9.17) is 10.5 Å². The van der Waals surface area contributed by atoms with Gasteiger partial charge in [-0.3, -0.25) is 10.1 Å². The van der Waals surface area contributed by atoms with Crippen molar-refractivity contribution in [2.45, 2.75) is 26.3 Å². The largest absolute Gasteiger partial charge is 0.465 e. The maximum atomic E-state index is 14.0. The van der Waals surface area contributed by atoms with Crippen LogP contribution in [0.1, 0.15) is 42.2 Å². The molecule has 0 bridgehead atoms. The highest BCUT2D eigenvalue weighted by atomic mass is 19.1. The Morgan fingerprint density at radius 3 is 2.68 bits per heavy atom. The van der Waals surface area contributed by atoms with E-state index in [1.807, 2.05) is 19.9 Å². The van der Waals surface area contributed by atoms with Crippen molar-refractivity contribution in [1.82, 2.24) is 5.32 Å². The number of anilines is 1. The molecule has 1 aliphatic heterocycles. The average molecular weight is 343 g/mol. The third-order valence-electron chi connectivity index (χ3n) is 3.54. The summed E-state index contributed by atoms with van der Waals surface area (Å²) in [6.07, 6.45) is 0.519. The Hall–Kier alpha value is -2.89. The molecule has 2 aromatic carbocycles. The lowest BCUT2D eigenvalue weighted by atomic mass is 10.0. The fraction of sp³-hybridized carbons (Fsp3) is 0.263. The van der Waals surface area contributed by atoms with E-state index < -0.39 is 6.04 Å². The number of amides is 1. The standard InChI is InChI=1S/C17H16FN3O2.C2H6/c18-14-7-6-12(19)10-13(14)15-8-9-23-17(20-15)21-16(22)11-4-2-1-3-5-11;1-2/h1-7,10,15H,8-9,19H2,(H,20,21,22);1-2H3. The molecule has 25 heavy (non-hydrogen) atoms. The molecule has 3 N–H and O–H groups in total. The summed E-state index contributed by atoms with van der Waals surface area (Å²) in [5.74, 6) is -0.693. The number of hydrogen-bond donors (Lipinski definition) is 2. The second kappa shape index (κ2) is 8.82. The lowest BCUT2D eigenvalue weighted by Gasteiger charge is -2.22. The van der Waals surface area contributed by atoms with Crippen LogP contribution in [-0.4, -0.2) is 18.5 Å². The van der Waals surface area contributed by atoms with E-state index in [0.29, 0.717) is 29.8 Å². The molecule has 1 heterocycles. The fourth-order valence-corrected chi connectivity index (χ4v) is 2.38. The minimum atomic E-state index is -0.432. The van der Waals surface area contributed by atoms with Gasteiger partial charge in [0.25, 0.3) is 11.9 Å². The Morgan fingerprint density at radius 2 is 1.96 bits per heavy atom. The minimum Gasteiger partial charge on any atom is -0.465 e. The van der Waals surface area contributed by atoms with Crippen molar-refractivity contribution in [3.8, 4) is 0 Å². The number of carbonyl (C=O) groups excluding carboxylic acids is 1. The Bertz CT molecular complexity index is 748. The number of carbonyl (C=O) groups is 1. The Kier molecular flexibility index (Phi) is 6.51. The van der Waals surface area contributed by atoms with Crippen molar-refractivity contribution in [2.24, 2.45) is 4.99 Å². The maximum absolute atomic E-state index is 14.0. The van der Waals surface area contributed by atoms with E-state index in [-0.39, 0.29) is 17.7 Å². The topological polar surface area (TPSA) is 76.7 Å². The van der Waals surface area contributed by atoms with E-state index in [0.717, 1.165) is 0 Å². The van der Waals surface area contributed by atoms with E-state index in [2.05, 4.69) is 10.3 Å². The van der Waals surface area contributed by atoms with Gasteiger partial charge in [0.05, 0.1) is 12.6 Å². The molecule has 1 unspecified atom stereocenters. The summed E-state index contributed by atoms with van der Waals surface area (Å²) in [4.78, 5) is 16.4. The van der Waals surface area contributed by atoms with Crippen molar-refractivity contribution in [2.75, 3.05) is 12.3 Å². The number of nitrogens with zero attached hydrogens (tertiary/aromatic N) is 1. The van der Waals surface area contributed by atoms with Gasteiger partial charge in [-0.05, 0) is 30.3 Å². The van der Waals surface area contributed by atoms with Gasteiger partial charge in [0.1, 0.15) is 5.82 Å². The molecule has 0 fully saturated rings. The summed E-state index contributed by atoms with van der Waals surface area (Å²) in [5.41, 5.74) is 7.08. The SMILES string of the molecule is CC.Nc1ccc(F)c(C2CCOC(NC(=O)c3ccccc3)=N2)c1. The van der Waals surface area contributed by atoms with Crippen LogP contribution in [0.15, 0.2) is 53.5 Å². The van der Waals surface area contributed by atoms with Crippen LogP contribution in [0.2, 0.25) is 0 Å². The number of rotatable bonds is 2. The first kappa shape index (κ1) is 18.4. The Morgan fingerprint density at radius 1 is 1.24 bits per heavy atom. The average Bonchev–Trinajstić information content (AvgIpc) is 2.66. The predicted molar refractivity (Wildman–Crippen MR) is 96.8 cm³/mol. The summed E-state index contributed by atoms with van der Waals surface area (Å²) in [6, 6.07) is 12.8. The molecular weight excluding hydrogens is 321 g/mol. The van der Waals surface area contributed by atoms with Crippen molar-refractivity contribution in [3.05, 3.63) is 65.5 Å². The molecule has 2 aromatic rings. The van der Waals surface area contributed by atoms with Crippen LogP contribution in [0.3, 0.4) is 0 Å². The number of ether oxygens (including phenoxy) is 1. The summed E-state index contributed by atoms with van der Waals surface area (Å²) in [6.45, 7) is 4.34. The first-order valence-electron chi connectivity index (χ1n) is 8.25. The number of hydrogen-bond acceptors (Lipinski definition) is 4. The highest BCUT2D eigenvalue weighted by Gasteiger charge is 2.22. The van der Waals surface area contributed by atoms with Crippen LogP contribution in [0, 0.1) is 5.82 Å². The van der Waals surface area contributed by atoms with Gasteiger partial charge in [-0.2, -0.15) is 0 Å². The number of halogens is 1. The monoisotopic (exact) mass is 343 g/mol. The van der Waals surface area contributed by atoms with Gasteiger partial charge >= 0.3 is 0 Å². The smallest absolute Gasteiger partial charge is 0.292 e. The molecule has 0 aromatic heterocycles. The van der Waals surface area contributed by atoms with Gasteiger partial charge in [0, 0.05) is 23.2 Å². The zero-order valence-electron chi connectivity index (χ0n) is 14.3. The first-order chi connectivity index (χ1) is 12.1. The normalized spacial score (nSPS) is 16.0. The van der Waals surface area contributed by atoms with Gasteiger partial charge in [0.2, 0.25) is 0 Å². The zero-order valence-corrected chi connectivity index (χ0v) is 14.3. The highest BCUT2D eigenvalue weighted by Crippen LogP contribution is 2.28. The van der Waals surface area contributed by atoms with E-state index in [1.54, 1.807) is 30.3 Å². The van der Waals surface area contributed by atoms with Crippen LogP contribution in [0.5, 0.6) is 0 Å². The van der Waals surface area contributed by atoms with Crippen molar-refractivity contribution in [1.29, 1.82) is 0 Å². The second-order valence-electron chi connectivity index (χ2n) is 5.19. The molecule has 0 spiro atoms. The zero-order chi connectivity index (χ0) is 18.2. The number of nitrogens with one attached hydrogen (secondary N) is 1. The Balaban J connectivity index is 0.00000109. The molecule has 1 atom stereocenters. The fourth-order valence-electron chi connectivity index (χ4n) is 2.38. The number of nitrogen functional groups attached to an aromatic ring is 1. The van der Waals surface area contributed by atoms with Crippen LogP contribution in [-0.2, 0) is 4.74 Å². The van der Waals surface area contributed by atoms with Crippen LogP contribution in [0.4, 0.5) is 10.1 Å². The third-order valence-corrected chi connectivity index (χ3v) is 3.54. The van der Waals surface area contributed by atoms with Crippen LogP contribution >= 0.6 is 0 Å². The molecule has 1 aliphatic rings. The maximum Gasteiger partial charge on any atom is 0.292 e. The lowest BCUT2D eigenvalue weighted by molar-refractivity contribution is 0.0962. The molecule has 1 amide bonds. The summed E-state index contributed by atoms with van der Waals surface area (Å²) < 4.78 is 19.3. The third kappa shape index (κ3) is 4.79. The van der Waals surface area contributed by atoms with Crippen molar-refractivity contribution < 1.29 is 13.9 Å². The molecule has 6 heteroatoms. The Labute approximate surface area is 146 Å². The van der Waals surface area contributed by atoms with E-state index in [1.165, 1.54) is 12.1 Å². The van der Waals surface area contributed by atoms with Crippen molar-refractivity contribution >= 4 is 17.6 Å². The van der Waals surface area contributed by atoms with Gasteiger partial charge in [0.15, 0.2) is 0 Å². The number of benzene rings is 2. The molecule has 5 nitrogen and oxygen atoms in total.